The molecule has 0 radical (unpaired) electrons. The first-order valence-electron chi connectivity index (χ1n) is 6.47. The molecule has 1 aromatic rings. The van der Waals surface area contributed by atoms with Gasteiger partial charge in [-0.3, -0.25) is 9.59 Å². The molecule has 0 aliphatic heterocycles. The van der Waals surface area contributed by atoms with Crippen LogP contribution >= 0.6 is 0 Å². The molecular formula is C13H18N4O3. The Hall–Kier alpha value is -2.31. The predicted molar refractivity (Wildman–Crippen MR) is 73.8 cm³/mol. The van der Waals surface area contributed by atoms with Gasteiger partial charge in [0.1, 0.15) is 5.84 Å². The Morgan fingerprint density at radius 2 is 2.30 bits per heavy atom. The molecule has 0 unspecified atom stereocenters. The number of aryl methyl sites for hydroxylation is 1. The number of amides is 1. The molecule has 2 rings (SSSR count). The molecule has 7 nitrogen and oxygen atoms in total. The average molecular weight is 278 g/mol. The van der Waals surface area contributed by atoms with Crippen molar-refractivity contribution >= 4 is 11.7 Å². The first-order valence-corrected chi connectivity index (χ1v) is 6.47. The fourth-order valence-electron chi connectivity index (χ4n) is 1.97. The van der Waals surface area contributed by atoms with Crippen molar-refractivity contribution in [3.05, 3.63) is 34.2 Å². The number of hydrogen-bond acceptors (Lipinski definition) is 4. The van der Waals surface area contributed by atoms with Crippen molar-refractivity contribution in [1.82, 2.24) is 9.47 Å². The number of rotatable bonds is 5. The van der Waals surface area contributed by atoms with Gasteiger partial charge in [-0.15, -0.1) is 0 Å². The number of pyridine rings is 1. The molecule has 1 fully saturated rings. The third-order valence-electron chi connectivity index (χ3n) is 3.34. The Bertz CT molecular complexity index is 590. The highest BCUT2D eigenvalue weighted by Crippen LogP contribution is 2.28. The van der Waals surface area contributed by atoms with Gasteiger partial charge in [0.15, 0.2) is 0 Å². The number of nitrogens with two attached hydrogens (primary N) is 1. The lowest BCUT2D eigenvalue weighted by Gasteiger charge is -2.22. The van der Waals surface area contributed by atoms with Crippen LogP contribution in [-0.4, -0.2) is 39.0 Å². The van der Waals surface area contributed by atoms with Crippen LogP contribution in [0.25, 0.3) is 0 Å². The molecule has 1 aliphatic carbocycles. The van der Waals surface area contributed by atoms with E-state index in [9.17, 15) is 9.59 Å². The number of hydrogen-bond donors (Lipinski definition) is 2. The van der Waals surface area contributed by atoms with Crippen LogP contribution in [0.1, 0.15) is 29.6 Å². The van der Waals surface area contributed by atoms with Crippen molar-refractivity contribution in [1.29, 1.82) is 0 Å². The third-order valence-corrected chi connectivity index (χ3v) is 3.34. The number of carbonyl (C=O) groups is 1. The van der Waals surface area contributed by atoms with Gasteiger partial charge in [-0.2, -0.15) is 0 Å². The van der Waals surface area contributed by atoms with Crippen molar-refractivity contribution in [2.75, 3.05) is 6.54 Å². The first-order chi connectivity index (χ1) is 9.52. The summed E-state index contributed by atoms with van der Waals surface area (Å²) in [5, 5.41) is 11.4. The molecular weight excluding hydrogens is 260 g/mol. The van der Waals surface area contributed by atoms with E-state index in [2.05, 4.69) is 5.16 Å². The number of amidine groups is 1. The van der Waals surface area contributed by atoms with Crippen LogP contribution in [0.4, 0.5) is 0 Å². The highest BCUT2D eigenvalue weighted by molar-refractivity contribution is 5.94. The van der Waals surface area contributed by atoms with Crippen molar-refractivity contribution in [2.24, 2.45) is 17.9 Å². The lowest BCUT2D eigenvalue weighted by Crippen LogP contribution is -2.36. The zero-order valence-corrected chi connectivity index (χ0v) is 11.3. The average Bonchev–Trinajstić information content (AvgIpc) is 3.26. The quantitative estimate of drug-likeness (QED) is 0.346. The minimum atomic E-state index is -0.219. The minimum absolute atomic E-state index is 0.0902. The maximum absolute atomic E-state index is 12.4. The maximum atomic E-state index is 12.4. The highest BCUT2D eigenvalue weighted by atomic mass is 16.4. The standard InChI is InChI=1S/C13H18N4O3/c1-16-6-4-9(8-12(16)18)13(19)17(10-2-3-10)7-5-11(14)15-20/h4,6,8,10,20H,2-3,5,7H2,1H3,(H2,14,15). The van der Waals surface area contributed by atoms with E-state index in [1.54, 1.807) is 24.2 Å². The van der Waals surface area contributed by atoms with Gasteiger partial charge in [-0.1, -0.05) is 5.16 Å². The lowest BCUT2D eigenvalue weighted by molar-refractivity contribution is 0.0747. The summed E-state index contributed by atoms with van der Waals surface area (Å²) >= 11 is 0. The SMILES string of the molecule is Cn1ccc(C(=O)N(CC/C(N)=N/O)C2CC2)cc1=O. The fraction of sp³-hybridized carbons (Fsp3) is 0.462. The number of oxime groups is 1. The molecule has 1 heterocycles. The lowest BCUT2D eigenvalue weighted by atomic mass is 10.2. The fourth-order valence-corrected chi connectivity index (χ4v) is 1.97. The van der Waals surface area contributed by atoms with E-state index in [1.165, 1.54) is 10.6 Å². The predicted octanol–water partition coefficient (Wildman–Crippen LogP) is 0.126. The molecule has 0 atom stereocenters. The van der Waals surface area contributed by atoms with Gasteiger partial charge in [0.2, 0.25) is 0 Å². The van der Waals surface area contributed by atoms with E-state index in [1.807, 2.05) is 0 Å². The Morgan fingerprint density at radius 3 is 2.85 bits per heavy atom. The van der Waals surface area contributed by atoms with Crippen LogP contribution in [0.2, 0.25) is 0 Å². The Balaban J connectivity index is 2.14. The molecule has 1 amide bonds. The summed E-state index contributed by atoms with van der Waals surface area (Å²) in [7, 11) is 1.63. The van der Waals surface area contributed by atoms with Crippen molar-refractivity contribution in [3.8, 4) is 0 Å². The van der Waals surface area contributed by atoms with Crippen LogP contribution in [0, 0.1) is 0 Å². The van der Waals surface area contributed by atoms with Gasteiger partial charge < -0.3 is 20.4 Å². The zero-order chi connectivity index (χ0) is 14.7. The van der Waals surface area contributed by atoms with Gasteiger partial charge in [-0.25, -0.2) is 0 Å². The van der Waals surface area contributed by atoms with Gasteiger partial charge in [-0.05, 0) is 18.9 Å². The molecule has 7 heteroatoms. The molecule has 0 saturated heterocycles. The topological polar surface area (TPSA) is 101 Å². The molecule has 0 bridgehead atoms. The second-order valence-corrected chi connectivity index (χ2v) is 4.94. The largest absolute Gasteiger partial charge is 0.409 e. The summed E-state index contributed by atoms with van der Waals surface area (Å²) in [4.78, 5) is 25.7. The molecule has 1 aromatic heterocycles. The Kier molecular flexibility index (Phi) is 4.07. The third kappa shape index (κ3) is 3.17. The van der Waals surface area contributed by atoms with Crippen LogP contribution in [0.15, 0.2) is 28.3 Å². The summed E-state index contributed by atoms with van der Waals surface area (Å²) in [6, 6.07) is 3.15. The van der Waals surface area contributed by atoms with E-state index in [0.717, 1.165) is 12.8 Å². The van der Waals surface area contributed by atoms with Crippen molar-refractivity contribution in [2.45, 2.75) is 25.3 Å². The smallest absolute Gasteiger partial charge is 0.254 e. The molecule has 3 N–H and O–H groups in total. The first kappa shape index (κ1) is 14.1. The van der Waals surface area contributed by atoms with E-state index in [4.69, 9.17) is 10.9 Å². The molecule has 108 valence electrons. The van der Waals surface area contributed by atoms with E-state index >= 15 is 0 Å². The summed E-state index contributed by atoms with van der Waals surface area (Å²) < 4.78 is 1.41. The molecule has 0 spiro atoms. The number of nitrogens with zero attached hydrogens (tertiary/aromatic N) is 3. The second kappa shape index (κ2) is 5.77. The van der Waals surface area contributed by atoms with Crippen LogP contribution in [0.5, 0.6) is 0 Å². The molecule has 1 aliphatic rings. The molecule has 20 heavy (non-hydrogen) atoms. The number of carbonyl (C=O) groups excluding carboxylic acids is 1. The Labute approximate surface area is 116 Å². The van der Waals surface area contributed by atoms with E-state index in [0.29, 0.717) is 18.5 Å². The van der Waals surface area contributed by atoms with Crippen molar-refractivity contribution in [3.63, 3.8) is 0 Å². The van der Waals surface area contributed by atoms with Crippen LogP contribution < -0.4 is 11.3 Å². The molecule has 1 saturated carbocycles. The summed E-state index contributed by atoms with van der Waals surface area (Å²) in [6.07, 6.45) is 3.79. The van der Waals surface area contributed by atoms with E-state index in [-0.39, 0.29) is 23.3 Å². The Morgan fingerprint density at radius 1 is 1.60 bits per heavy atom. The van der Waals surface area contributed by atoms with Crippen LogP contribution in [0.3, 0.4) is 0 Å². The number of aromatic nitrogens is 1. The van der Waals surface area contributed by atoms with Gasteiger partial charge >= 0.3 is 0 Å². The monoisotopic (exact) mass is 278 g/mol. The summed E-state index contributed by atoms with van der Waals surface area (Å²) in [5.41, 5.74) is 5.59. The van der Waals surface area contributed by atoms with Gasteiger partial charge in [0.25, 0.3) is 11.5 Å². The highest BCUT2D eigenvalue weighted by Gasteiger charge is 2.33. The second-order valence-electron chi connectivity index (χ2n) is 4.94. The maximum Gasteiger partial charge on any atom is 0.254 e. The molecule has 0 aromatic carbocycles. The normalized spacial score (nSPS) is 15.2. The summed E-state index contributed by atoms with van der Waals surface area (Å²) in [6.45, 7) is 0.384. The van der Waals surface area contributed by atoms with Crippen molar-refractivity contribution < 1.29 is 10.0 Å². The minimum Gasteiger partial charge on any atom is -0.409 e. The van der Waals surface area contributed by atoms with Crippen LogP contribution in [-0.2, 0) is 7.05 Å². The zero-order valence-electron chi connectivity index (χ0n) is 11.3. The summed E-state index contributed by atoms with van der Waals surface area (Å²) in [5.74, 6) is -0.0941. The van der Waals surface area contributed by atoms with E-state index < -0.39 is 0 Å². The van der Waals surface area contributed by atoms with Gasteiger partial charge in [0, 0.05) is 43.9 Å². The van der Waals surface area contributed by atoms with Gasteiger partial charge in [0.05, 0.1) is 0 Å².